The Morgan fingerprint density at radius 1 is 0.957 bits per heavy atom. The summed E-state index contributed by atoms with van der Waals surface area (Å²) in [7, 11) is 0. The molecule has 0 spiro atoms. The Kier molecular flexibility index (Phi) is 9.74. The zero-order valence-corrected chi connectivity index (χ0v) is 26.2. The van der Waals surface area contributed by atoms with Crippen LogP contribution in [-0.4, -0.2) is 119 Å². The summed E-state index contributed by atoms with van der Waals surface area (Å²) in [6.45, 7) is 6.16. The van der Waals surface area contributed by atoms with Crippen molar-refractivity contribution >= 4 is 29.0 Å². The van der Waals surface area contributed by atoms with Crippen LogP contribution in [0.15, 0.2) is 47.3 Å². The first-order valence-corrected chi connectivity index (χ1v) is 16.2. The van der Waals surface area contributed by atoms with Crippen molar-refractivity contribution in [3.8, 4) is 0 Å². The van der Waals surface area contributed by atoms with E-state index in [1.807, 2.05) is 17.0 Å². The first kappa shape index (κ1) is 31.8. The fourth-order valence-corrected chi connectivity index (χ4v) is 6.87. The molecule has 3 aromatic rings. The van der Waals surface area contributed by atoms with Crippen LogP contribution >= 0.6 is 0 Å². The summed E-state index contributed by atoms with van der Waals surface area (Å²) in [5.41, 5.74) is 1.05. The monoisotopic (exact) mass is 632 g/mol. The number of halogens is 1. The van der Waals surface area contributed by atoms with Gasteiger partial charge in [0, 0.05) is 63.7 Å². The maximum Gasteiger partial charge on any atom is 0.272 e. The standard InChI is InChI=1S/C34H41FN6O5/c1-23-18-26(10-13-41(23)22-42)46-25-8-11-38(12-9-25)21-32(43)39-14-16-40(17-15-39)34(45)29-19-24(6-7-30(29)35)20-31-27-4-2-3-5-28(27)33(44)37-36-31/h2-7,19,22-23,25-26H,8-18,20-21H2,1H3,(H,37,44). The average molecular weight is 633 g/mol. The number of ether oxygens (including phenoxy) is 1. The van der Waals surface area contributed by atoms with Crippen molar-refractivity contribution in [2.24, 2.45) is 0 Å². The van der Waals surface area contributed by atoms with Gasteiger partial charge in [0.2, 0.25) is 12.3 Å². The van der Waals surface area contributed by atoms with Crippen molar-refractivity contribution in [2.75, 3.05) is 52.4 Å². The highest BCUT2D eigenvalue weighted by Crippen LogP contribution is 2.24. The molecule has 2 unspecified atom stereocenters. The minimum absolute atomic E-state index is 0.0140. The van der Waals surface area contributed by atoms with Crippen LogP contribution in [-0.2, 0) is 20.7 Å². The van der Waals surface area contributed by atoms with Crippen molar-refractivity contribution in [1.82, 2.24) is 29.8 Å². The lowest BCUT2D eigenvalue weighted by Gasteiger charge is -2.39. The van der Waals surface area contributed by atoms with Crippen LogP contribution < -0.4 is 5.56 Å². The molecule has 0 bridgehead atoms. The fraction of sp³-hybridized carbons (Fsp3) is 0.500. The van der Waals surface area contributed by atoms with Crippen LogP contribution in [0.5, 0.6) is 0 Å². The number of rotatable bonds is 8. The van der Waals surface area contributed by atoms with Crippen LogP contribution in [0, 0.1) is 5.82 Å². The Morgan fingerprint density at radius 3 is 2.37 bits per heavy atom. The predicted molar refractivity (Wildman–Crippen MR) is 170 cm³/mol. The molecule has 3 aliphatic rings. The molecule has 11 nitrogen and oxygen atoms in total. The topological polar surface area (TPSA) is 119 Å². The number of aromatic amines is 1. The van der Waals surface area contributed by atoms with E-state index in [1.54, 1.807) is 34.1 Å². The van der Waals surface area contributed by atoms with E-state index in [0.717, 1.165) is 51.7 Å². The largest absolute Gasteiger partial charge is 0.375 e. The van der Waals surface area contributed by atoms with Gasteiger partial charge in [-0.3, -0.25) is 24.1 Å². The van der Waals surface area contributed by atoms with Gasteiger partial charge in [-0.1, -0.05) is 24.3 Å². The normalized spacial score (nSPS) is 21.5. The zero-order chi connectivity index (χ0) is 32.2. The number of hydrogen-bond donors (Lipinski definition) is 1. The van der Waals surface area contributed by atoms with Crippen LogP contribution in [0.2, 0.25) is 0 Å². The Balaban J connectivity index is 0.978. The molecule has 1 aromatic heterocycles. The number of H-pyrrole nitrogens is 1. The molecule has 3 aliphatic heterocycles. The van der Waals surface area contributed by atoms with Gasteiger partial charge < -0.3 is 19.4 Å². The number of hydrogen-bond acceptors (Lipinski definition) is 7. The Labute approximate surface area is 267 Å². The van der Waals surface area contributed by atoms with Crippen molar-refractivity contribution < 1.29 is 23.5 Å². The van der Waals surface area contributed by atoms with Crippen LogP contribution in [0.1, 0.15) is 54.2 Å². The number of benzene rings is 2. The third kappa shape index (κ3) is 7.13. The summed E-state index contributed by atoms with van der Waals surface area (Å²) in [5, 5.41) is 7.96. The van der Waals surface area contributed by atoms with Crippen LogP contribution in [0.25, 0.3) is 10.8 Å². The maximum absolute atomic E-state index is 14.9. The quantitative estimate of drug-likeness (QED) is 0.379. The van der Waals surface area contributed by atoms with Gasteiger partial charge in [0.1, 0.15) is 5.82 Å². The van der Waals surface area contributed by atoms with E-state index in [0.29, 0.717) is 61.2 Å². The van der Waals surface area contributed by atoms with E-state index in [9.17, 15) is 23.6 Å². The first-order chi connectivity index (χ1) is 22.3. The molecule has 3 saturated heterocycles. The molecule has 4 heterocycles. The number of nitrogens with zero attached hydrogens (tertiary/aromatic N) is 5. The van der Waals surface area contributed by atoms with E-state index in [4.69, 9.17) is 4.74 Å². The highest BCUT2D eigenvalue weighted by atomic mass is 19.1. The third-order valence-electron chi connectivity index (χ3n) is 9.62. The molecule has 3 fully saturated rings. The Morgan fingerprint density at radius 2 is 1.65 bits per heavy atom. The smallest absolute Gasteiger partial charge is 0.272 e. The fourth-order valence-electron chi connectivity index (χ4n) is 6.87. The molecule has 12 heteroatoms. The molecule has 0 saturated carbocycles. The van der Waals surface area contributed by atoms with Crippen molar-refractivity contribution in [3.63, 3.8) is 0 Å². The summed E-state index contributed by atoms with van der Waals surface area (Å²) in [6.07, 6.45) is 5.05. The first-order valence-electron chi connectivity index (χ1n) is 16.2. The lowest BCUT2D eigenvalue weighted by atomic mass is 10.00. The van der Waals surface area contributed by atoms with E-state index < -0.39 is 11.7 Å². The Hall–Kier alpha value is -4.16. The van der Waals surface area contributed by atoms with Crippen LogP contribution in [0.4, 0.5) is 4.39 Å². The molecule has 2 aromatic carbocycles. The molecule has 6 rings (SSSR count). The highest BCUT2D eigenvalue weighted by molar-refractivity contribution is 5.95. The summed E-state index contributed by atoms with van der Waals surface area (Å²) >= 11 is 0. The molecule has 2 atom stereocenters. The number of piperidine rings is 2. The molecule has 0 radical (unpaired) electrons. The zero-order valence-electron chi connectivity index (χ0n) is 26.2. The molecule has 1 N–H and O–H groups in total. The number of nitrogens with one attached hydrogen (secondary N) is 1. The van der Waals surface area contributed by atoms with Crippen molar-refractivity contribution in [3.05, 3.63) is 75.5 Å². The number of amides is 3. The van der Waals surface area contributed by atoms with Gasteiger partial charge in [0.15, 0.2) is 0 Å². The minimum atomic E-state index is -0.597. The summed E-state index contributed by atoms with van der Waals surface area (Å²) < 4.78 is 21.2. The summed E-state index contributed by atoms with van der Waals surface area (Å²) in [6, 6.07) is 11.8. The van der Waals surface area contributed by atoms with E-state index in [2.05, 4.69) is 22.0 Å². The van der Waals surface area contributed by atoms with Crippen molar-refractivity contribution in [2.45, 2.75) is 57.3 Å². The average Bonchev–Trinajstić information content (AvgIpc) is 3.07. The number of likely N-dealkylation sites (tertiary alicyclic amines) is 2. The number of aromatic nitrogens is 2. The van der Waals surface area contributed by atoms with Gasteiger partial charge in [-0.25, -0.2) is 9.49 Å². The Bertz CT molecular complexity index is 1630. The summed E-state index contributed by atoms with van der Waals surface area (Å²) in [4.78, 5) is 57.2. The van der Waals surface area contributed by atoms with Gasteiger partial charge >= 0.3 is 0 Å². The van der Waals surface area contributed by atoms with Gasteiger partial charge in [-0.2, -0.15) is 5.10 Å². The number of piperazine rings is 1. The molecular weight excluding hydrogens is 591 g/mol. The number of carbonyl (C=O) groups is 3. The molecule has 244 valence electrons. The molecule has 0 aliphatic carbocycles. The van der Waals surface area contributed by atoms with E-state index in [1.165, 1.54) is 6.07 Å². The van der Waals surface area contributed by atoms with Gasteiger partial charge in [0.05, 0.1) is 35.4 Å². The maximum atomic E-state index is 14.9. The van der Waals surface area contributed by atoms with Crippen molar-refractivity contribution in [1.29, 1.82) is 0 Å². The van der Waals surface area contributed by atoms with Gasteiger partial charge in [-0.15, -0.1) is 0 Å². The number of carbonyl (C=O) groups excluding carboxylic acids is 3. The molecular formula is C34H41FN6O5. The van der Waals surface area contributed by atoms with Gasteiger partial charge in [-0.05, 0) is 56.4 Å². The SMILES string of the molecule is CC1CC(OC2CCN(CC(=O)N3CCN(C(=O)c4cc(Cc5n[nH]c(=O)c6ccccc56)ccc4F)CC3)CC2)CCN1C=O. The van der Waals surface area contributed by atoms with Gasteiger partial charge in [0.25, 0.3) is 11.5 Å². The highest BCUT2D eigenvalue weighted by Gasteiger charge is 2.31. The molecule has 3 amide bonds. The summed E-state index contributed by atoms with van der Waals surface area (Å²) in [5.74, 6) is -0.964. The second-order valence-corrected chi connectivity index (χ2v) is 12.7. The lowest BCUT2D eigenvalue weighted by Crippen LogP contribution is -2.53. The third-order valence-corrected chi connectivity index (χ3v) is 9.62. The lowest BCUT2D eigenvalue weighted by molar-refractivity contribution is -0.135. The second kappa shape index (κ2) is 14.1. The van der Waals surface area contributed by atoms with E-state index in [-0.39, 0.29) is 35.3 Å². The van der Waals surface area contributed by atoms with E-state index >= 15 is 0 Å². The number of fused-ring (bicyclic) bond motifs is 1. The molecule has 46 heavy (non-hydrogen) atoms. The van der Waals surface area contributed by atoms with Crippen LogP contribution in [0.3, 0.4) is 0 Å². The minimum Gasteiger partial charge on any atom is -0.375 e. The predicted octanol–water partition coefficient (Wildman–Crippen LogP) is 2.43. The second-order valence-electron chi connectivity index (χ2n) is 12.7.